The van der Waals surface area contributed by atoms with Crippen LogP contribution in [0.15, 0.2) is 12.3 Å². The molecule has 0 bridgehead atoms. The van der Waals surface area contributed by atoms with E-state index in [1.165, 1.54) is 0 Å². The lowest BCUT2D eigenvalue weighted by Crippen LogP contribution is -2.05. The molecule has 16 heavy (non-hydrogen) atoms. The minimum atomic E-state index is -0.981. The van der Waals surface area contributed by atoms with E-state index in [1.807, 2.05) is 13.8 Å². The van der Waals surface area contributed by atoms with Crippen LogP contribution in [0.5, 0.6) is 0 Å². The van der Waals surface area contributed by atoms with Gasteiger partial charge in [0, 0.05) is 6.20 Å². The largest absolute Gasteiger partial charge is 0.477 e. The summed E-state index contributed by atoms with van der Waals surface area (Å²) in [5.74, 6) is -0.981. The third-order valence-corrected chi connectivity index (χ3v) is 2.69. The Morgan fingerprint density at radius 1 is 1.62 bits per heavy atom. The van der Waals surface area contributed by atoms with E-state index in [2.05, 4.69) is 4.98 Å². The molecule has 2 rings (SSSR count). The van der Waals surface area contributed by atoms with Crippen molar-refractivity contribution in [3.05, 3.63) is 34.2 Å². The molecule has 0 fully saturated rings. The fraction of sp³-hybridized carbons (Fsp3) is 0.273. The summed E-state index contributed by atoms with van der Waals surface area (Å²) in [6.45, 7) is 3.74. The van der Waals surface area contributed by atoms with Gasteiger partial charge in [-0.25, -0.2) is 9.78 Å². The summed E-state index contributed by atoms with van der Waals surface area (Å²) in [6.07, 6.45) is 2.17. The van der Waals surface area contributed by atoms with Crippen molar-refractivity contribution >= 4 is 23.2 Å². The molecule has 1 N–H and O–H groups in total. The summed E-state index contributed by atoms with van der Waals surface area (Å²) in [6, 6.07) is 1.77. The summed E-state index contributed by atoms with van der Waals surface area (Å²) >= 11 is 5.91. The number of carboxylic acids is 1. The lowest BCUT2D eigenvalue weighted by atomic mass is 10.2. The Hall–Kier alpha value is -1.55. The first-order valence-corrected chi connectivity index (χ1v) is 5.32. The normalized spacial score (nSPS) is 10.9. The highest BCUT2D eigenvalue weighted by atomic mass is 35.5. The molecule has 0 atom stereocenters. The number of hydrogen-bond donors (Lipinski definition) is 1. The molecule has 0 aliphatic carbocycles. The third kappa shape index (κ3) is 1.55. The van der Waals surface area contributed by atoms with E-state index in [0.717, 1.165) is 5.56 Å². The summed E-state index contributed by atoms with van der Waals surface area (Å²) in [7, 11) is 0. The number of fused-ring (bicyclic) bond motifs is 1. The molecule has 0 saturated carbocycles. The van der Waals surface area contributed by atoms with E-state index in [9.17, 15) is 4.79 Å². The first-order valence-electron chi connectivity index (χ1n) is 4.95. The van der Waals surface area contributed by atoms with Crippen molar-refractivity contribution in [1.29, 1.82) is 0 Å². The minimum Gasteiger partial charge on any atom is -0.477 e. The maximum atomic E-state index is 11.2. The number of pyridine rings is 1. The number of carboxylic acid groups (broad SMARTS) is 1. The molecule has 0 unspecified atom stereocenters. The fourth-order valence-electron chi connectivity index (χ4n) is 1.79. The van der Waals surface area contributed by atoms with Gasteiger partial charge in [-0.05, 0) is 25.0 Å². The van der Waals surface area contributed by atoms with Gasteiger partial charge in [0.05, 0.1) is 10.7 Å². The Bertz CT molecular complexity index is 575. The van der Waals surface area contributed by atoms with Crippen LogP contribution in [0.25, 0.3) is 5.65 Å². The van der Waals surface area contributed by atoms with Crippen molar-refractivity contribution in [2.45, 2.75) is 20.3 Å². The molecule has 0 aliphatic heterocycles. The van der Waals surface area contributed by atoms with E-state index in [-0.39, 0.29) is 5.69 Å². The van der Waals surface area contributed by atoms with Gasteiger partial charge in [-0.3, -0.25) is 4.40 Å². The highest BCUT2D eigenvalue weighted by molar-refractivity contribution is 6.30. The third-order valence-electron chi connectivity index (χ3n) is 2.48. The summed E-state index contributed by atoms with van der Waals surface area (Å²) < 4.78 is 1.54. The molecule has 0 amide bonds. The molecule has 2 aromatic rings. The molecular weight excluding hydrogens is 228 g/mol. The summed E-state index contributed by atoms with van der Waals surface area (Å²) in [5, 5.41) is 9.67. The van der Waals surface area contributed by atoms with E-state index in [4.69, 9.17) is 16.7 Å². The zero-order valence-corrected chi connectivity index (χ0v) is 9.75. The van der Waals surface area contributed by atoms with Crippen molar-refractivity contribution in [3.63, 3.8) is 0 Å². The molecule has 5 heteroatoms. The van der Waals surface area contributed by atoms with Crippen LogP contribution in [0.3, 0.4) is 0 Å². The van der Waals surface area contributed by atoms with Gasteiger partial charge in [-0.15, -0.1) is 0 Å². The van der Waals surface area contributed by atoms with Crippen LogP contribution in [-0.2, 0) is 6.42 Å². The monoisotopic (exact) mass is 238 g/mol. The van der Waals surface area contributed by atoms with Gasteiger partial charge in [-0.2, -0.15) is 0 Å². The maximum Gasteiger partial charge on any atom is 0.354 e. The predicted molar refractivity (Wildman–Crippen MR) is 61.3 cm³/mol. The van der Waals surface area contributed by atoms with Gasteiger partial charge >= 0.3 is 5.97 Å². The number of aryl methyl sites for hydroxylation is 2. The number of halogens is 1. The average molecular weight is 239 g/mol. The number of nitrogens with zero attached hydrogens (tertiary/aromatic N) is 2. The van der Waals surface area contributed by atoms with E-state index < -0.39 is 5.97 Å². The fourth-order valence-corrected chi connectivity index (χ4v) is 2.05. The summed E-state index contributed by atoms with van der Waals surface area (Å²) in [4.78, 5) is 15.5. The quantitative estimate of drug-likeness (QED) is 0.875. The molecule has 0 saturated heterocycles. The zero-order valence-electron chi connectivity index (χ0n) is 8.99. The number of imidazole rings is 1. The molecule has 84 valence electrons. The van der Waals surface area contributed by atoms with Crippen LogP contribution in [-0.4, -0.2) is 20.5 Å². The van der Waals surface area contributed by atoms with Gasteiger partial charge in [-0.1, -0.05) is 18.5 Å². The van der Waals surface area contributed by atoms with Crippen molar-refractivity contribution in [1.82, 2.24) is 9.38 Å². The van der Waals surface area contributed by atoms with Crippen LogP contribution in [0, 0.1) is 6.92 Å². The number of carbonyl (C=O) groups is 1. The van der Waals surface area contributed by atoms with Gasteiger partial charge in [0.2, 0.25) is 0 Å². The maximum absolute atomic E-state index is 11.2. The first-order chi connectivity index (χ1) is 7.54. The van der Waals surface area contributed by atoms with Crippen LogP contribution in [0.2, 0.25) is 5.02 Å². The molecule has 0 spiro atoms. The second-order valence-electron chi connectivity index (χ2n) is 3.60. The number of hydrogen-bond acceptors (Lipinski definition) is 2. The van der Waals surface area contributed by atoms with E-state index >= 15 is 0 Å². The molecule has 0 radical (unpaired) electrons. The lowest BCUT2D eigenvalue weighted by Gasteiger charge is -2.01. The predicted octanol–water partition coefficient (Wildman–Crippen LogP) is 2.56. The van der Waals surface area contributed by atoms with Gasteiger partial charge in [0.25, 0.3) is 0 Å². The zero-order chi connectivity index (χ0) is 11.9. The van der Waals surface area contributed by atoms with Crippen LogP contribution in [0.4, 0.5) is 0 Å². The lowest BCUT2D eigenvalue weighted by molar-refractivity contribution is 0.0688. The van der Waals surface area contributed by atoms with Crippen molar-refractivity contribution in [3.8, 4) is 0 Å². The molecule has 0 aromatic carbocycles. The van der Waals surface area contributed by atoms with E-state index in [1.54, 1.807) is 16.7 Å². The number of aromatic carboxylic acids is 1. The topological polar surface area (TPSA) is 54.6 Å². The first kappa shape index (κ1) is 11.0. The molecule has 0 aliphatic rings. The second-order valence-corrected chi connectivity index (χ2v) is 4.04. The standard InChI is InChI=1S/C11H11ClN2O2/c1-3-8-9(11(15)16)14-5-7(12)4-6(2)10(14)13-8/h4-5H,3H2,1-2H3,(H,15,16). The molecule has 4 nitrogen and oxygen atoms in total. The highest BCUT2D eigenvalue weighted by Crippen LogP contribution is 2.20. The second kappa shape index (κ2) is 3.79. The van der Waals surface area contributed by atoms with Crippen LogP contribution in [0.1, 0.15) is 28.7 Å². The average Bonchev–Trinajstić information content (AvgIpc) is 2.56. The Kier molecular flexibility index (Phi) is 2.59. The smallest absolute Gasteiger partial charge is 0.354 e. The van der Waals surface area contributed by atoms with E-state index in [0.29, 0.717) is 22.8 Å². The van der Waals surface area contributed by atoms with Gasteiger partial charge in [0.1, 0.15) is 5.65 Å². The van der Waals surface area contributed by atoms with Crippen molar-refractivity contribution in [2.24, 2.45) is 0 Å². The Morgan fingerprint density at radius 3 is 2.88 bits per heavy atom. The molecule has 2 heterocycles. The molecular formula is C11H11ClN2O2. The van der Waals surface area contributed by atoms with Crippen LogP contribution >= 0.6 is 11.6 Å². The van der Waals surface area contributed by atoms with Gasteiger partial charge in [0.15, 0.2) is 5.69 Å². The summed E-state index contributed by atoms with van der Waals surface area (Å²) in [5.41, 5.74) is 2.30. The Balaban J connectivity index is 2.89. The molecule has 2 aromatic heterocycles. The SMILES string of the molecule is CCc1nc2c(C)cc(Cl)cn2c1C(=O)O. The Labute approximate surface area is 97.5 Å². The van der Waals surface area contributed by atoms with Crippen LogP contribution < -0.4 is 0 Å². The van der Waals surface area contributed by atoms with Gasteiger partial charge < -0.3 is 5.11 Å². The minimum absolute atomic E-state index is 0.197. The Morgan fingerprint density at radius 2 is 2.31 bits per heavy atom. The van der Waals surface area contributed by atoms with Crippen molar-refractivity contribution < 1.29 is 9.90 Å². The number of rotatable bonds is 2. The highest BCUT2D eigenvalue weighted by Gasteiger charge is 2.18. The number of aromatic nitrogens is 2. The van der Waals surface area contributed by atoms with Crippen molar-refractivity contribution in [2.75, 3.05) is 0 Å².